The molecule has 0 saturated heterocycles. The summed E-state index contributed by atoms with van der Waals surface area (Å²) in [5, 5.41) is 0.173. The summed E-state index contributed by atoms with van der Waals surface area (Å²) in [6.07, 6.45) is 8.45. The Morgan fingerprint density at radius 1 is 1.37 bits per heavy atom. The maximum atomic E-state index is 13.4. The van der Waals surface area contributed by atoms with E-state index in [1.165, 1.54) is 38.2 Å². The first-order chi connectivity index (χ1) is 9.19. The molecular weight excluding hydrogens is 263 g/mol. The summed E-state index contributed by atoms with van der Waals surface area (Å²) in [6, 6.07) is 5.19. The average molecular weight is 285 g/mol. The molecule has 0 amide bonds. The maximum Gasteiger partial charge on any atom is 0.142 e. The number of hydrogen-bond donors (Lipinski definition) is 2. The van der Waals surface area contributed by atoms with Gasteiger partial charge in [0.05, 0.1) is 5.02 Å². The molecule has 1 aliphatic carbocycles. The lowest BCUT2D eigenvalue weighted by Crippen LogP contribution is -2.37. The molecule has 1 aromatic rings. The van der Waals surface area contributed by atoms with E-state index in [2.05, 4.69) is 5.43 Å². The zero-order valence-corrected chi connectivity index (χ0v) is 11.9. The van der Waals surface area contributed by atoms with Crippen LogP contribution in [-0.4, -0.2) is 6.04 Å². The van der Waals surface area contributed by atoms with Crippen LogP contribution in [0.2, 0.25) is 5.02 Å². The van der Waals surface area contributed by atoms with Gasteiger partial charge >= 0.3 is 0 Å². The van der Waals surface area contributed by atoms with Gasteiger partial charge in [0, 0.05) is 6.04 Å². The normalized spacial score (nSPS) is 17.8. The smallest absolute Gasteiger partial charge is 0.142 e. The van der Waals surface area contributed by atoms with Gasteiger partial charge in [-0.15, -0.1) is 0 Å². The van der Waals surface area contributed by atoms with Crippen molar-refractivity contribution in [3.63, 3.8) is 0 Å². The molecule has 19 heavy (non-hydrogen) atoms. The van der Waals surface area contributed by atoms with Crippen molar-refractivity contribution in [1.82, 2.24) is 5.43 Å². The molecule has 1 aliphatic rings. The third-order valence-electron chi connectivity index (χ3n) is 4.10. The van der Waals surface area contributed by atoms with Crippen molar-refractivity contribution in [2.45, 2.75) is 51.0 Å². The lowest BCUT2D eigenvalue weighted by atomic mass is 9.95. The lowest BCUT2D eigenvalue weighted by Gasteiger charge is -2.18. The van der Waals surface area contributed by atoms with Crippen molar-refractivity contribution in [3.05, 3.63) is 34.6 Å². The third-order valence-corrected chi connectivity index (χ3v) is 4.41. The summed E-state index contributed by atoms with van der Waals surface area (Å²) in [5.41, 5.74) is 3.79. The van der Waals surface area contributed by atoms with Crippen LogP contribution in [0.4, 0.5) is 4.39 Å². The summed E-state index contributed by atoms with van der Waals surface area (Å²) >= 11 is 5.68. The Morgan fingerprint density at radius 3 is 2.74 bits per heavy atom. The monoisotopic (exact) mass is 284 g/mol. The van der Waals surface area contributed by atoms with E-state index in [9.17, 15) is 4.39 Å². The van der Waals surface area contributed by atoms with Gasteiger partial charge in [-0.25, -0.2) is 4.39 Å². The number of benzene rings is 1. The Morgan fingerprint density at radius 2 is 2.11 bits per heavy atom. The molecule has 0 heterocycles. The van der Waals surface area contributed by atoms with E-state index in [1.807, 2.05) is 6.07 Å². The van der Waals surface area contributed by atoms with Crippen LogP contribution in [0, 0.1) is 11.7 Å². The van der Waals surface area contributed by atoms with Crippen molar-refractivity contribution < 1.29 is 4.39 Å². The number of nitrogens with one attached hydrogen (secondary N) is 1. The minimum Gasteiger partial charge on any atom is -0.271 e. The summed E-state index contributed by atoms with van der Waals surface area (Å²) in [4.78, 5) is 0. The highest BCUT2D eigenvalue weighted by molar-refractivity contribution is 6.30. The van der Waals surface area contributed by atoms with E-state index in [-0.39, 0.29) is 16.9 Å². The molecule has 1 aromatic carbocycles. The Balaban J connectivity index is 1.85. The summed E-state index contributed by atoms with van der Waals surface area (Å²) < 4.78 is 13.4. The molecule has 106 valence electrons. The summed E-state index contributed by atoms with van der Waals surface area (Å²) in [5.74, 6) is 6.11. The molecule has 1 atom stereocenters. The van der Waals surface area contributed by atoms with E-state index >= 15 is 0 Å². The molecule has 1 saturated carbocycles. The zero-order chi connectivity index (χ0) is 13.7. The van der Waals surface area contributed by atoms with E-state index in [0.29, 0.717) is 0 Å². The second kappa shape index (κ2) is 7.22. The number of rotatable bonds is 6. The van der Waals surface area contributed by atoms with Crippen molar-refractivity contribution in [3.8, 4) is 0 Å². The topological polar surface area (TPSA) is 38.0 Å². The predicted octanol–water partition coefficient (Wildman–Crippen LogP) is 3.82. The molecule has 0 radical (unpaired) electrons. The average Bonchev–Trinajstić information content (AvgIpc) is 2.92. The van der Waals surface area contributed by atoms with Crippen LogP contribution in [0.25, 0.3) is 0 Å². The first kappa shape index (κ1) is 14.8. The Hall–Kier alpha value is -0.640. The predicted molar refractivity (Wildman–Crippen MR) is 77.4 cm³/mol. The van der Waals surface area contributed by atoms with Gasteiger partial charge in [0.2, 0.25) is 0 Å². The minimum absolute atomic E-state index is 0.173. The minimum atomic E-state index is -0.356. The molecule has 1 unspecified atom stereocenters. The van der Waals surface area contributed by atoms with Gasteiger partial charge in [-0.2, -0.15) is 0 Å². The molecule has 0 spiro atoms. The van der Waals surface area contributed by atoms with Gasteiger partial charge in [-0.1, -0.05) is 43.4 Å². The molecule has 3 N–H and O–H groups in total. The highest BCUT2D eigenvalue weighted by Crippen LogP contribution is 2.29. The van der Waals surface area contributed by atoms with Crippen molar-refractivity contribution >= 4 is 11.6 Å². The Kier molecular flexibility index (Phi) is 5.61. The van der Waals surface area contributed by atoms with Crippen LogP contribution in [0.15, 0.2) is 18.2 Å². The van der Waals surface area contributed by atoms with Gasteiger partial charge in [-0.05, 0) is 42.9 Å². The van der Waals surface area contributed by atoms with Crippen molar-refractivity contribution in [2.75, 3.05) is 0 Å². The number of hydrazine groups is 1. The summed E-state index contributed by atoms with van der Waals surface area (Å²) in [6.45, 7) is 0. The molecule has 0 aromatic heterocycles. The summed E-state index contributed by atoms with van der Waals surface area (Å²) in [7, 11) is 0. The van der Waals surface area contributed by atoms with Crippen molar-refractivity contribution in [1.29, 1.82) is 0 Å². The Bertz CT molecular complexity index is 405. The quantitative estimate of drug-likeness (QED) is 0.615. The first-order valence-electron chi connectivity index (χ1n) is 7.09. The molecule has 0 bridgehead atoms. The molecular formula is C15H22ClFN2. The fraction of sp³-hybridized carbons (Fsp3) is 0.600. The second-order valence-electron chi connectivity index (χ2n) is 5.54. The van der Waals surface area contributed by atoms with Gasteiger partial charge < -0.3 is 0 Å². The van der Waals surface area contributed by atoms with Crippen LogP contribution in [0.5, 0.6) is 0 Å². The largest absolute Gasteiger partial charge is 0.271 e. The highest BCUT2D eigenvalue weighted by atomic mass is 35.5. The van der Waals surface area contributed by atoms with Crippen LogP contribution >= 0.6 is 11.6 Å². The third kappa shape index (κ3) is 4.44. The fourth-order valence-electron chi connectivity index (χ4n) is 2.93. The Labute approximate surface area is 119 Å². The van der Waals surface area contributed by atoms with E-state index in [1.54, 1.807) is 6.07 Å². The van der Waals surface area contributed by atoms with Crippen LogP contribution < -0.4 is 11.3 Å². The molecule has 2 rings (SSSR count). The van der Waals surface area contributed by atoms with Gasteiger partial charge in [0.25, 0.3) is 0 Å². The van der Waals surface area contributed by atoms with Gasteiger partial charge in [0.1, 0.15) is 5.82 Å². The zero-order valence-electron chi connectivity index (χ0n) is 11.2. The molecule has 4 heteroatoms. The highest BCUT2D eigenvalue weighted by Gasteiger charge is 2.17. The molecule has 0 aliphatic heterocycles. The van der Waals surface area contributed by atoms with Crippen LogP contribution in [0.3, 0.4) is 0 Å². The van der Waals surface area contributed by atoms with Crippen LogP contribution in [-0.2, 0) is 6.42 Å². The first-order valence-corrected chi connectivity index (χ1v) is 7.47. The lowest BCUT2D eigenvalue weighted by molar-refractivity contribution is 0.406. The van der Waals surface area contributed by atoms with E-state index < -0.39 is 0 Å². The molecule has 2 nitrogen and oxygen atoms in total. The second-order valence-corrected chi connectivity index (χ2v) is 5.95. The van der Waals surface area contributed by atoms with Crippen molar-refractivity contribution in [2.24, 2.45) is 11.8 Å². The number of nitrogens with two attached hydrogens (primary N) is 1. The van der Waals surface area contributed by atoms with E-state index in [4.69, 9.17) is 17.4 Å². The van der Waals surface area contributed by atoms with E-state index in [0.717, 1.165) is 24.3 Å². The standard InChI is InChI=1S/C15H22ClFN2/c16-14-8-6-12(10-15(14)17)9-13(19-18)7-5-11-3-1-2-4-11/h6,8,10-11,13,19H,1-5,7,9,18H2. The maximum absolute atomic E-state index is 13.4. The van der Waals surface area contributed by atoms with Gasteiger partial charge in [-0.3, -0.25) is 11.3 Å². The van der Waals surface area contributed by atoms with Crippen LogP contribution in [0.1, 0.15) is 44.1 Å². The number of halogens is 2. The van der Waals surface area contributed by atoms with Gasteiger partial charge in [0.15, 0.2) is 0 Å². The SMILES string of the molecule is NNC(CCC1CCCC1)Cc1ccc(Cl)c(F)c1. The fourth-order valence-corrected chi connectivity index (χ4v) is 3.05. The number of hydrogen-bond acceptors (Lipinski definition) is 2. The molecule has 1 fully saturated rings.